The summed E-state index contributed by atoms with van der Waals surface area (Å²) in [6, 6.07) is 0. The van der Waals surface area contributed by atoms with Gasteiger partial charge in [-0.15, -0.1) is 0 Å². The number of ether oxygens (including phenoxy) is 3. The van der Waals surface area contributed by atoms with E-state index in [2.05, 4.69) is 41.9 Å². The SMILES string of the molecule is CCCCCCCCCCCC(=O)OCC(COC(=O)CCCCCCCCCCC)(COC(O)CCCCCCCCCCC)C[N+](C)(C)C. The molecule has 0 aliphatic carbocycles. The van der Waals surface area contributed by atoms with Crippen LogP contribution in [0.25, 0.3) is 0 Å². The van der Waals surface area contributed by atoms with Gasteiger partial charge in [-0.3, -0.25) is 9.59 Å². The maximum atomic E-state index is 12.9. The van der Waals surface area contributed by atoms with Gasteiger partial charge in [0.05, 0.1) is 34.3 Å². The molecule has 0 saturated carbocycles. The number of unbranched alkanes of at least 4 members (excludes halogenated alkanes) is 24. The molecule has 0 spiro atoms. The number of aliphatic hydroxyl groups is 1. The van der Waals surface area contributed by atoms with E-state index in [1.165, 1.54) is 122 Å². The Morgan fingerprint density at radius 3 is 1.14 bits per heavy atom. The molecule has 0 aliphatic heterocycles. The normalized spacial score (nSPS) is 12.7. The van der Waals surface area contributed by atoms with Crippen LogP contribution in [0.15, 0.2) is 0 Å². The molecular weight excluding hydrogens is 638 g/mol. The van der Waals surface area contributed by atoms with Crippen LogP contribution in [-0.4, -0.2) is 75.3 Å². The van der Waals surface area contributed by atoms with Gasteiger partial charge in [-0.1, -0.05) is 175 Å². The van der Waals surface area contributed by atoms with Crippen molar-refractivity contribution in [3.8, 4) is 0 Å². The van der Waals surface area contributed by atoms with Crippen molar-refractivity contribution in [3.05, 3.63) is 0 Å². The van der Waals surface area contributed by atoms with Gasteiger partial charge in [0.2, 0.25) is 0 Å². The van der Waals surface area contributed by atoms with Crippen LogP contribution in [0.4, 0.5) is 0 Å². The molecule has 0 aromatic rings. The average Bonchev–Trinajstić information content (AvgIpc) is 3.09. The zero-order valence-corrected chi connectivity index (χ0v) is 35.1. The third-order valence-electron chi connectivity index (χ3n) is 9.99. The minimum Gasteiger partial charge on any atom is -0.465 e. The maximum Gasteiger partial charge on any atom is 0.305 e. The Labute approximate surface area is 317 Å². The summed E-state index contributed by atoms with van der Waals surface area (Å²) in [6.45, 7) is 7.69. The van der Waals surface area contributed by atoms with Crippen molar-refractivity contribution in [1.82, 2.24) is 0 Å². The molecule has 0 aromatic carbocycles. The third-order valence-corrected chi connectivity index (χ3v) is 9.99. The molecule has 0 aromatic heterocycles. The van der Waals surface area contributed by atoms with E-state index in [-0.39, 0.29) is 31.8 Å². The summed E-state index contributed by atoms with van der Waals surface area (Å²) in [5, 5.41) is 10.8. The van der Waals surface area contributed by atoms with Crippen molar-refractivity contribution >= 4 is 11.9 Å². The Balaban J connectivity index is 5.04. The first-order valence-electron chi connectivity index (χ1n) is 22.0. The van der Waals surface area contributed by atoms with E-state index >= 15 is 0 Å². The number of aliphatic hydroxyl groups excluding tert-OH is 1. The van der Waals surface area contributed by atoms with E-state index in [0.717, 1.165) is 51.4 Å². The van der Waals surface area contributed by atoms with E-state index in [1.807, 2.05) is 0 Å². The minimum atomic E-state index is -0.892. The summed E-state index contributed by atoms with van der Waals surface area (Å²) in [5.74, 6) is -0.417. The molecule has 0 amide bonds. The number of carbonyl (C=O) groups excluding carboxylic acids is 2. The van der Waals surface area contributed by atoms with Gasteiger partial charge in [0, 0.05) is 12.8 Å². The monoisotopic (exact) mass is 727 g/mol. The fraction of sp³-hybridized carbons (Fsp3) is 0.955. The van der Waals surface area contributed by atoms with E-state index in [0.29, 0.717) is 30.3 Å². The lowest BCUT2D eigenvalue weighted by atomic mass is 9.89. The molecule has 7 heteroatoms. The van der Waals surface area contributed by atoms with Gasteiger partial charge < -0.3 is 23.8 Å². The van der Waals surface area contributed by atoms with Crippen LogP contribution < -0.4 is 0 Å². The van der Waals surface area contributed by atoms with Crippen molar-refractivity contribution < 1.29 is 33.4 Å². The van der Waals surface area contributed by atoms with Crippen molar-refractivity contribution in [3.63, 3.8) is 0 Å². The van der Waals surface area contributed by atoms with Gasteiger partial charge >= 0.3 is 11.9 Å². The highest BCUT2D eigenvalue weighted by Gasteiger charge is 2.40. The van der Waals surface area contributed by atoms with Crippen molar-refractivity contribution in [2.45, 2.75) is 220 Å². The smallest absolute Gasteiger partial charge is 0.305 e. The maximum absolute atomic E-state index is 12.9. The lowest BCUT2D eigenvalue weighted by molar-refractivity contribution is -0.877. The number of hydrogen-bond acceptors (Lipinski definition) is 6. The van der Waals surface area contributed by atoms with Gasteiger partial charge in [0.25, 0.3) is 0 Å². The molecular formula is C44H88NO6+. The number of hydrogen-bond donors (Lipinski definition) is 1. The zero-order chi connectivity index (χ0) is 37.9. The summed E-state index contributed by atoms with van der Waals surface area (Å²) >= 11 is 0. The van der Waals surface area contributed by atoms with Crippen molar-refractivity contribution in [1.29, 1.82) is 0 Å². The standard InChI is InChI=1S/C44H88NO6/c1-7-10-13-16-19-22-25-28-31-34-41(46)49-38-44(37-45(4,5)6,39-50-42(47)35-32-29-26-23-20-17-14-11-8-2)40-51-43(48)36-33-30-27-24-21-18-15-12-9-3/h41,46H,7-40H2,1-6H3/q+1. The van der Waals surface area contributed by atoms with Crippen LogP contribution in [0.1, 0.15) is 213 Å². The van der Waals surface area contributed by atoms with Crippen LogP contribution in [-0.2, 0) is 23.8 Å². The molecule has 51 heavy (non-hydrogen) atoms. The number of nitrogens with zero attached hydrogens (tertiary/aromatic N) is 1. The fourth-order valence-corrected chi connectivity index (χ4v) is 7.03. The molecule has 0 bridgehead atoms. The van der Waals surface area contributed by atoms with Crippen molar-refractivity contribution in [2.75, 3.05) is 47.5 Å². The number of rotatable bonds is 39. The second-order valence-electron chi connectivity index (χ2n) is 16.8. The predicted octanol–water partition coefficient (Wildman–Crippen LogP) is 11.9. The number of carbonyl (C=O) groups is 2. The Bertz CT molecular complexity index is 744. The number of quaternary nitrogens is 1. The fourth-order valence-electron chi connectivity index (χ4n) is 7.03. The third kappa shape index (κ3) is 34.3. The molecule has 0 saturated heterocycles. The second-order valence-corrected chi connectivity index (χ2v) is 16.8. The highest BCUT2D eigenvalue weighted by Crippen LogP contribution is 2.26. The van der Waals surface area contributed by atoms with Crippen molar-refractivity contribution in [2.24, 2.45) is 5.41 Å². The van der Waals surface area contributed by atoms with Crippen LogP contribution >= 0.6 is 0 Å². The Kier molecular flexibility index (Phi) is 33.8. The molecule has 0 aliphatic rings. The van der Waals surface area contributed by atoms with Gasteiger partial charge in [-0.25, -0.2) is 0 Å². The lowest BCUT2D eigenvalue weighted by Gasteiger charge is -2.38. The predicted molar refractivity (Wildman–Crippen MR) is 215 cm³/mol. The quantitative estimate of drug-likeness (QED) is 0.0294. The summed E-state index contributed by atoms with van der Waals surface area (Å²) in [7, 11) is 6.25. The van der Waals surface area contributed by atoms with E-state index in [1.54, 1.807) is 0 Å². The first-order chi connectivity index (χ1) is 24.6. The van der Waals surface area contributed by atoms with E-state index in [4.69, 9.17) is 14.2 Å². The molecule has 1 atom stereocenters. The summed E-state index contributed by atoms with van der Waals surface area (Å²) in [4.78, 5) is 25.8. The highest BCUT2D eigenvalue weighted by atomic mass is 16.6. The first-order valence-corrected chi connectivity index (χ1v) is 22.0. The highest BCUT2D eigenvalue weighted by molar-refractivity contribution is 5.69. The first kappa shape index (κ1) is 49.8. The second kappa shape index (κ2) is 34.6. The van der Waals surface area contributed by atoms with Gasteiger partial charge in [-0.2, -0.15) is 0 Å². The lowest BCUT2D eigenvalue weighted by Crippen LogP contribution is -2.52. The summed E-state index contributed by atoms with van der Waals surface area (Å²) in [5.41, 5.74) is -0.750. The summed E-state index contributed by atoms with van der Waals surface area (Å²) < 4.78 is 18.5. The molecule has 304 valence electrons. The van der Waals surface area contributed by atoms with Gasteiger partial charge in [-0.05, 0) is 25.7 Å². The van der Waals surface area contributed by atoms with Gasteiger partial charge in [0.1, 0.15) is 18.6 Å². The van der Waals surface area contributed by atoms with Crippen LogP contribution in [0.5, 0.6) is 0 Å². The van der Waals surface area contributed by atoms with E-state index < -0.39 is 11.7 Å². The molecule has 0 rings (SSSR count). The molecule has 0 radical (unpaired) electrons. The molecule has 0 heterocycles. The molecule has 7 nitrogen and oxygen atoms in total. The molecule has 1 unspecified atom stereocenters. The summed E-state index contributed by atoms with van der Waals surface area (Å²) in [6.07, 6.45) is 33.0. The van der Waals surface area contributed by atoms with E-state index in [9.17, 15) is 14.7 Å². The topological polar surface area (TPSA) is 82.1 Å². The Morgan fingerprint density at radius 1 is 0.490 bits per heavy atom. The minimum absolute atomic E-state index is 0.106. The zero-order valence-electron chi connectivity index (χ0n) is 35.1. The Morgan fingerprint density at radius 2 is 0.804 bits per heavy atom. The van der Waals surface area contributed by atoms with Crippen LogP contribution in [0.2, 0.25) is 0 Å². The Hall–Kier alpha value is -1.18. The molecule has 0 fully saturated rings. The van der Waals surface area contributed by atoms with Gasteiger partial charge in [0.15, 0.2) is 6.29 Å². The largest absolute Gasteiger partial charge is 0.465 e. The van der Waals surface area contributed by atoms with Crippen LogP contribution in [0.3, 0.4) is 0 Å². The molecule has 1 N–H and O–H groups in total. The average molecular weight is 727 g/mol. The number of esters is 2. The van der Waals surface area contributed by atoms with Crippen LogP contribution in [0, 0.1) is 5.41 Å².